The molecule has 2 aromatic heterocycles. The van der Waals surface area contributed by atoms with E-state index in [0.29, 0.717) is 44.3 Å². The van der Waals surface area contributed by atoms with Crippen LogP contribution in [0.25, 0.3) is 16.9 Å². The zero-order chi connectivity index (χ0) is 24.2. The zero-order valence-corrected chi connectivity index (χ0v) is 19.8. The van der Waals surface area contributed by atoms with Gasteiger partial charge in [0, 0.05) is 38.1 Å². The smallest absolute Gasteiger partial charge is 0.298 e. The highest BCUT2D eigenvalue weighted by Crippen LogP contribution is 2.31. The van der Waals surface area contributed by atoms with Crippen LogP contribution in [0.15, 0.2) is 67.0 Å². The van der Waals surface area contributed by atoms with Gasteiger partial charge in [-0.2, -0.15) is 0 Å². The maximum absolute atomic E-state index is 13.2. The van der Waals surface area contributed by atoms with E-state index < -0.39 is 0 Å². The van der Waals surface area contributed by atoms with E-state index in [9.17, 15) is 4.79 Å². The van der Waals surface area contributed by atoms with Crippen molar-refractivity contribution in [2.45, 2.75) is 6.61 Å². The van der Waals surface area contributed by atoms with Gasteiger partial charge in [-0.3, -0.25) is 14.0 Å². The highest BCUT2D eigenvalue weighted by molar-refractivity contribution is 5.99. The standard InChI is InChI=1S/C26H27N5O4/c1-29(33-2)26(32)22-23(20-8-10-21(11-9-20)35-18-19-6-4-3-5-7-19)31-13-12-27-24(25(31)28-22)30-14-16-34-17-15-30/h3-13H,14-18H2,1-2H3. The van der Waals surface area contributed by atoms with Crippen LogP contribution in [0.1, 0.15) is 16.1 Å². The summed E-state index contributed by atoms with van der Waals surface area (Å²) in [7, 11) is 3.02. The average Bonchev–Trinajstić information content (AvgIpc) is 3.32. The number of hydrogen-bond acceptors (Lipinski definition) is 7. The Bertz CT molecular complexity index is 1300. The molecule has 0 N–H and O–H groups in total. The van der Waals surface area contributed by atoms with Crippen molar-refractivity contribution in [1.82, 2.24) is 19.4 Å². The second kappa shape index (κ2) is 10.1. The molecule has 1 aliphatic rings. The number of fused-ring (bicyclic) bond motifs is 1. The van der Waals surface area contributed by atoms with E-state index in [1.165, 1.54) is 12.2 Å². The van der Waals surface area contributed by atoms with Crippen LogP contribution in [-0.4, -0.2) is 65.8 Å². The number of imidazole rings is 1. The third kappa shape index (κ3) is 4.68. The minimum Gasteiger partial charge on any atom is -0.489 e. The second-order valence-electron chi connectivity index (χ2n) is 8.14. The predicted molar refractivity (Wildman–Crippen MR) is 131 cm³/mol. The molecule has 180 valence electrons. The average molecular weight is 474 g/mol. The van der Waals surface area contributed by atoms with Crippen LogP contribution in [0, 0.1) is 0 Å². The third-order valence-corrected chi connectivity index (χ3v) is 5.97. The summed E-state index contributed by atoms with van der Waals surface area (Å²) in [5.74, 6) is 1.12. The number of nitrogens with zero attached hydrogens (tertiary/aromatic N) is 5. The fourth-order valence-electron chi connectivity index (χ4n) is 4.07. The summed E-state index contributed by atoms with van der Waals surface area (Å²) < 4.78 is 13.3. The second-order valence-corrected chi connectivity index (χ2v) is 8.14. The highest BCUT2D eigenvalue weighted by atomic mass is 16.7. The molecule has 0 saturated carbocycles. The molecule has 1 amide bonds. The molecule has 0 radical (unpaired) electrons. The monoisotopic (exact) mass is 473 g/mol. The van der Waals surface area contributed by atoms with Crippen molar-refractivity contribution >= 4 is 17.4 Å². The molecular weight excluding hydrogens is 446 g/mol. The van der Waals surface area contributed by atoms with Gasteiger partial charge in [-0.05, 0) is 29.8 Å². The Kier molecular flexibility index (Phi) is 6.60. The lowest BCUT2D eigenvalue weighted by Gasteiger charge is -2.27. The van der Waals surface area contributed by atoms with Gasteiger partial charge in [0.15, 0.2) is 17.2 Å². The van der Waals surface area contributed by atoms with Crippen LogP contribution >= 0.6 is 0 Å². The lowest BCUT2D eigenvalue weighted by Crippen LogP contribution is -2.37. The quantitative estimate of drug-likeness (QED) is 0.380. The van der Waals surface area contributed by atoms with Crippen molar-refractivity contribution < 1.29 is 19.1 Å². The molecule has 1 saturated heterocycles. The first kappa shape index (κ1) is 22.8. The van der Waals surface area contributed by atoms with E-state index in [1.807, 2.05) is 65.2 Å². The molecule has 1 aliphatic heterocycles. The largest absolute Gasteiger partial charge is 0.489 e. The number of rotatable bonds is 7. The number of morpholine rings is 1. The maximum Gasteiger partial charge on any atom is 0.298 e. The molecule has 9 nitrogen and oxygen atoms in total. The van der Waals surface area contributed by atoms with E-state index in [0.717, 1.165) is 22.7 Å². The predicted octanol–water partition coefficient (Wildman–Crippen LogP) is 3.45. The number of carbonyl (C=O) groups excluding carboxylic acids is 1. The fraction of sp³-hybridized carbons (Fsp3) is 0.269. The van der Waals surface area contributed by atoms with Gasteiger partial charge in [-0.15, -0.1) is 0 Å². The van der Waals surface area contributed by atoms with E-state index in [1.54, 1.807) is 13.2 Å². The summed E-state index contributed by atoms with van der Waals surface area (Å²) in [6.07, 6.45) is 3.56. The van der Waals surface area contributed by atoms with Gasteiger partial charge in [0.1, 0.15) is 12.4 Å². The van der Waals surface area contributed by atoms with Crippen molar-refractivity contribution in [1.29, 1.82) is 0 Å². The third-order valence-electron chi connectivity index (χ3n) is 5.97. The first-order valence-corrected chi connectivity index (χ1v) is 11.4. The lowest BCUT2D eigenvalue weighted by atomic mass is 10.1. The molecule has 0 spiro atoms. The SMILES string of the molecule is CON(C)C(=O)c1nc2c(N3CCOCC3)nccn2c1-c1ccc(OCc2ccccc2)cc1. The Hall–Kier alpha value is -3.95. The lowest BCUT2D eigenvalue weighted by molar-refractivity contribution is -0.0759. The van der Waals surface area contributed by atoms with Gasteiger partial charge < -0.3 is 14.4 Å². The topological polar surface area (TPSA) is 81.4 Å². The number of hydroxylamine groups is 2. The van der Waals surface area contributed by atoms with E-state index in [-0.39, 0.29) is 11.6 Å². The summed E-state index contributed by atoms with van der Waals surface area (Å²) in [5.41, 5.74) is 3.49. The minimum atomic E-state index is -0.344. The summed E-state index contributed by atoms with van der Waals surface area (Å²) >= 11 is 0. The Balaban J connectivity index is 1.53. The van der Waals surface area contributed by atoms with Crippen LogP contribution in [-0.2, 0) is 16.2 Å². The van der Waals surface area contributed by atoms with Crippen LogP contribution in [0.4, 0.5) is 5.82 Å². The van der Waals surface area contributed by atoms with Gasteiger partial charge >= 0.3 is 0 Å². The first-order chi connectivity index (χ1) is 17.2. The van der Waals surface area contributed by atoms with E-state index >= 15 is 0 Å². The van der Waals surface area contributed by atoms with Crippen LogP contribution in [0.3, 0.4) is 0 Å². The van der Waals surface area contributed by atoms with Crippen LogP contribution < -0.4 is 9.64 Å². The summed E-state index contributed by atoms with van der Waals surface area (Å²) in [6.45, 7) is 3.15. The molecule has 4 aromatic rings. The Morgan fingerprint density at radius 2 is 1.83 bits per heavy atom. The normalized spacial score (nSPS) is 13.7. The summed E-state index contributed by atoms with van der Waals surface area (Å²) in [5, 5.41) is 1.17. The van der Waals surface area contributed by atoms with Gasteiger partial charge in [0.2, 0.25) is 0 Å². The number of anilines is 1. The van der Waals surface area contributed by atoms with Crippen molar-refractivity contribution in [3.8, 4) is 17.0 Å². The maximum atomic E-state index is 13.2. The van der Waals surface area contributed by atoms with Crippen molar-refractivity contribution in [2.24, 2.45) is 0 Å². The van der Waals surface area contributed by atoms with Crippen molar-refractivity contribution in [2.75, 3.05) is 45.4 Å². The molecule has 2 aromatic carbocycles. The molecule has 0 unspecified atom stereocenters. The van der Waals surface area contributed by atoms with Gasteiger partial charge in [-0.1, -0.05) is 30.3 Å². The van der Waals surface area contributed by atoms with Crippen molar-refractivity contribution in [3.63, 3.8) is 0 Å². The number of hydrogen-bond donors (Lipinski definition) is 0. The van der Waals surface area contributed by atoms with Crippen molar-refractivity contribution in [3.05, 3.63) is 78.2 Å². The van der Waals surface area contributed by atoms with Gasteiger partial charge in [0.25, 0.3) is 5.91 Å². The number of benzene rings is 2. The number of aromatic nitrogens is 3. The fourth-order valence-corrected chi connectivity index (χ4v) is 4.07. The molecule has 0 atom stereocenters. The molecule has 9 heteroatoms. The summed E-state index contributed by atoms with van der Waals surface area (Å²) in [4.78, 5) is 29.8. The Morgan fingerprint density at radius 3 is 2.54 bits per heavy atom. The van der Waals surface area contributed by atoms with Crippen LogP contribution in [0.2, 0.25) is 0 Å². The Morgan fingerprint density at radius 1 is 1.09 bits per heavy atom. The number of ether oxygens (including phenoxy) is 2. The molecule has 1 fully saturated rings. The van der Waals surface area contributed by atoms with E-state index in [4.69, 9.17) is 19.3 Å². The molecule has 0 aliphatic carbocycles. The van der Waals surface area contributed by atoms with Crippen LogP contribution in [0.5, 0.6) is 5.75 Å². The minimum absolute atomic E-state index is 0.287. The van der Waals surface area contributed by atoms with Gasteiger partial charge in [0.05, 0.1) is 26.0 Å². The number of carbonyl (C=O) groups is 1. The zero-order valence-electron chi connectivity index (χ0n) is 19.8. The highest BCUT2D eigenvalue weighted by Gasteiger charge is 2.26. The molecule has 0 bridgehead atoms. The van der Waals surface area contributed by atoms with Gasteiger partial charge in [-0.25, -0.2) is 15.0 Å². The molecular formula is C26H27N5O4. The first-order valence-electron chi connectivity index (χ1n) is 11.4. The molecule has 3 heterocycles. The number of amides is 1. The Labute approximate surface area is 203 Å². The molecule has 5 rings (SSSR count). The molecule has 35 heavy (non-hydrogen) atoms. The van der Waals surface area contributed by atoms with E-state index in [2.05, 4.69) is 9.88 Å². The summed E-state index contributed by atoms with van der Waals surface area (Å²) in [6, 6.07) is 17.7.